The van der Waals surface area contributed by atoms with Crippen molar-refractivity contribution in [2.75, 3.05) is 25.3 Å². The maximum absolute atomic E-state index is 12.3. The van der Waals surface area contributed by atoms with Gasteiger partial charge in [-0.25, -0.2) is 5.84 Å². The first-order valence-corrected chi connectivity index (χ1v) is 8.46. The zero-order valence-corrected chi connectivity index (χ0v) is 15.3. The molecule has 0 atom stereocenters. The van der Waals surface area contributed by atoms with E-state index in [1.165, 1.54) is 11.1 Å². The smallest absolute Gasteiger partial charge is 0.269 e. The van der Waals surface area contributed by atoms with Crippen LogP contribution >= 0.6 is 0 Å². The number of unbranched alkanes of at least 4 members (excludes halogenated alkanes) is 1. The molecule has 0 unspecified atom stereocenters. The summed E-state index contributed by atoms with van der Waals surface area (Å²) in [5, 5.41) is 13.8. The molecule has 0 radical (unpaired) electrons. The van der Waals surface area contributed by atoms with Gasteiger partial charge in [0, 0.05) is 26.3 Å². The van der Waals surface area contributed by atoms with E-state index in [1.54, 1.807) is 25.3 Å². The monoisotopic (exact) mass is 350 g/mol. The van der Waals surface area contributed by atoms with Gasteiger partial charge in [-0.2, -0.15) is 0 Å². The molecule has 1 rings (SSSR count). The molecule has 0 fully saturated rings. The van der Waals surface area contributed by atoms with Crippen LogP contribution in [0.25, 0.3) is 0 Å². The van der Waals surface area contributed by atoms with Crippen molar-refractivity contribution in [3.63, 3.8) is 0 Å². The van der Waals surface area contributed by atoms with Crippen LogP contribution in [0, 0.1) is 5.92 Å². The first kappa shape index (κ1) is 20.8. The number of nitrogens with two attached hydrogens (primary N) is 2. The largest absolute Gasteiger partial charge is 0.508 e. The van der Waals surface area contributed by atoms with Gasteiger partial charge in [-0.1, -0.05) is 19.9 Å². The molecule has 1 aromatic rings. The molecule has 0 bridgehead atoms. The molecule has 0 aliphatic rings. The molecule has 0 aliphatic carbocycles. The fourth-order valence-electron chi connectivity index (χ4n) is 2.25. The van der Waals surface area contributed by atoms with Crippen molar-refractivity contribution in [1.82, 2.24) is 5.32 Å². The van der Waals surface area contributed by atoms with Gasteiger partial charge in [0.15, 0.2) is 0 Å². The van der Waals surface area contributed by atoms with Crippen LogP contribution in [0.15, 0.2) is 35.7 Å². The number of hydrazine groups is 1. The lowest BCUT2D eigenvalue weighted by molar-refractivity contribution is -0.117. The number of nitrogens with zero attached hydrogens (tertiary/aromatic N) is 1. The van der Waals surface area contributed by atoms with E-state index in [1.807, 2.05) is 13.8 Å². The molecule has 0 saturated heterocycles. The van der Waals surface area contributed by atoms with Crippen LogP contribution in [0.4, 0.5) is 5.69 Å². The first-order valence-electron chi connectivity index (χ1n) is 8.46. The number of nitrogens with one attached hydrogen (secondary N) is 1. The second-order valence-corrected chi connectivity index (χ2v) is 6.30. The van der Waals surface area contributed by atoms with Gasteiger partial charge < -0.3 is 20.9 Å². The summed E-state index contributed by atoms with van der Waals surface area (Å²) in [6.07, 6.45) is 2.12. The van der Waals surface area contributed by atoms with Crippen molar-refractivity contribution >= 4 is 11.6 Å². The number of hydrogen-bond acceptors (Lipinski definition) is 6. The lowest BCUT2D eigenvalue weighted by Crippen LogP contribution is -2.38. The van der Waals surface area contributed by atoms with E-state index in [4.69, 9.17) is 16.3 Å². The van der Waals surface area contributed by atoms with E-state index in [0.717, 1.165) is 12.8 Å². The van der Waals surface area contributed by atoms with Crippen LogP contribution in [-0.2, 0) is 9.53 Å². The number of amides is 1. The Balaban J connectivity index is 3.01. The van der Waals surface area contributed by atoms with Crippen molar-refractivity contribution < 1.29 is 14.6 Å². The van der Waals surface area contributed by atoms with Gasteiger partial charge in [-0.05, 0) is 37.3 Å². The minimum Gasteiger partial charge on any atom is -0.508 e. The van der Waals surface area contributed by atoms with Crippen molar-refractivity contribution in [2.45, 2.75) is 33.1 Å². The fourth-order valence-corrected chi connectivity index (χ4v) is 2.25. The maximum atomic E-state index is 12.3. The number of ether oxygens (including phenoxy) is 1. The lowest BCUT2D eigenvalue weighted by Gasteiger charge is -2.24. The van der Waals surface area contributed by atoms with Crippen LogP contribution in [-0.4, -0.2) is 31.3 Å². The Labute approximate surface area is 149 Å². The first-order chi connectivity index (χ1) is 11.9. The second-order valence-electron chi connectivity index (χ2n) is 6.30. The number of aromatic hydroxyl groups is 1. The van der Waals surface area contributed by atoms with Gasteiger partial charge in [0.05, 0.1) is 11.4 Å². The highest BCUT2D eigenvalue weighted by Gasteiger charge is 2.18. The zero-order valence-electron chi connectivity index (χ0n) is 15.3. The van der Waals surface area contributed by atoms with Crippen molar-refractivity contribution in [2.24, 2.45) is 17.5 Å². The average molecular weight is 350 g/mol. The predicted octanol–water partition coefficient (Wildman–Crippen LogP) is 1.83. The van der Waals surface area contributed by atoms with Gasteiger partial charge in [-0.15, -0.1) is 0 Å². The molecule has 25 heavy (non-hydrogen) atoms. The molecule has 0 heterocycles. The summed E-state index contributed by atoms with van der Waals surface area (Å²) in [4.78, 5) is 12.3. The normalized spacial score (nSPS) is 12.0. The molecule has 0 aliphatic heterocycles. The van der Waals surface area contributed by atoms with Gasteiger partial charge in [0.1, 0.15) is 11.4 Å². The average Bonchev–Trinajstić information content (AvgIpc) is 2.58. The summed E-state index contributed by atoms with van der Waals surface area (Å²) in [5.74, 6) is 6.26. The van der Waals surface area contributed by atoms with Crippen molar-refractivity contribution in [3.05, 3.63) is 35.7 Å². The Hall–Kier alpha value is -2.25. The number of methoxy groups -OCH3 is 1. The number of rotatable bonds is 10. The zero-order chi connectivity index (χ0) is 18.8. The molecule has 0 saturated carbocycles. The highest BCUT2D eigenvalue weighted by Crippen LogP contribution is 2.24. The van der Waals surface area contributed by atoms with Crippen LogP contribution in [0.3, 0.4) is 0 Å². The van der Waals surface area contributed by atoms with Gasteiger partial charge in [0.25, 0.3) is 5.91 Å². The lowest BCUT2D eigenvalue weighted by atomic mass is 10.1. The number of phenolic OH excluding ortho intramolecular Hbond substituents is 1. The highest BCUT2D eigenvalue weighted by molar-refractivity contribution is 5.93. The minimum absolute atomic E-state index is 0.0870. The molecule has 7 heteroatoms. The third-order valence-corrected chi connectivity index (χ3v) is 3.64. The fraction of sp³-hybridized carbons (Fsp3) is 0.500. The Morgan fingerprint density at radius 2 is 2.08 bits per heavy atom. The van der Waals surface area contributed by atoms with Crippen LogP contribution in [0.1, 0.15) is 33.1 Å². The molecule has 7 nitrogen and oxygen atoms in total. The molecule has 6 N–H and O–H groups in total. The van der Waals surface area contributed by atoms with E-state index in [9.17, 15) is 9.90 Å². The number of hydrogen-bond donors (Lipinski definition) is 4. The number of phenols is 1. The molecular formula is C18H30N4O3. The standard InChI is InChI=1S/C18H30N4O3/c1-13(2)12-21-18(24)17(19)16(9-4-5-10-25-3)22(20)14-7-6-8-15(23)11-14/h6-8,11,13,23H,4-5,9-10,12,19-20H2,1-3H3,(H,21,24)/b17-16-. The van der Waals surface area contributed by atoms with Crippen LogP contribution in [0.2, 0.25) is 0 Å². The van der Waals surface area contributed by atoms with E-state index >= 15 is 0 Å². The molecule has 0 aromatic heterocycles. The van der Waals surface area contributed by atoms with E-state index in [0.29, 0.717) is 36.9 Å². The minimum atomic E-state index is -0.342. The summed E-state index contributed by atoms with van der Waals surface area (Å²) in [7, 11) is 1.65. The maximum Gasteiger partial charge on any atom is 0.269 e. The van der Waals surface area contributed by atoms with E-state index in [-0.39, 0.29) is 17.4 Å². The van der Waals surface area contributed by atoms with Gasteiger partial charge in [-0.3, -0.25) is 9.80 Å². The topological polar surface area (TPSA) is 114 Å². The van der Waals surface area contributed by atoms with Crippen molar-refractivity contribution in [3.8, 4) is 5.75 Å². The Morgan fingerprint density at radius 3 is 2.68 bits per heavy atom. The molecule has 140 valence electrons. The molecule has 0 spiro atoms. The number of allylic oxidation sites excluding steroid dienone is 1. The summed E-state index contributed by atoms with van der Waals surface area (Å²) in [6, 6.07) is 6.50. The highest BCUT2D eigenvalue weighted by atomic mass is 16.5. The second kappa shape index (κ2) is 10.6. The third-order valence-electron chi connectivity index (χ3n) is 3.64. The Bertz CT molecular complexity index is 587. The third kappa shape index (κ3) is 7.03. The van der Waals surface area contributed by atoms with E-state index in [2.05, 4.69) is 5.32 Å². The quantitative estimate of drug-likeness (QED) is 0.222. The summed E-state index contributed by atoms with van der Waals surface area (Å²) >= 11 is 0. The van der Waals surface area contributed by atoms with E-state index < -0.39 is 0 Å². The predicted molar refractivity (Wildman–Crippen MR) is 99.6 cm³/mol. The molecule has 1 aromatic carbocycles. The summed E-state index contributed by atoms with van der Waals surface area (Å²) in [6.45, 7) is 5.18. The Morgan fingerprint density at radius 1 is 1.36 bits per heavy atom. The van der Waals surface area contributed by atoms with Crippen LogP contribution < -0.4 is 21.9 Å². The number of carbonyl (C=O) groups excluding carboxylic acids is 1. The molecular weight excluding hydrogens is 320 g/mol. The number of anilines is 1. The molecule has 1 amide bonds. The van der Waals surface area contributed by atoms with Gasteiger partial charge >= 0.3 is 0 Å². The van der Waals surface area contributed by atoms with Gasteiger partial charge in [0.2, 0.25) is 0 Å². The Kier molecular flexibility index (Phi) is 8.80. The van der Waals surface area contributed by atoms with Crippen LogP contribution in [0.5, 0.6) is 5.75 Å². The van der Waals surface area contributed by atoms with Crippen molar-refractivity contribution in [1.29, 1.82) is 0 Å². The SMILES string of the molecule is COCCCC/C(=C(/N)C(=O)NCC(C)C)N(N)c1cccc(O)c1. The summed E-state index contributed by atoms with van der Waals surface area (Å²) in [5.41, 5.74) is 7.25. The number of benzene rings is 1. The summed E-state index contributed by atoms with van der Waals surface area (Å²) < 4.78 is 5.05. The number of carbonyl (C=O) groups is 1.